The Labute approximate surface area is 181 Å². The first kappa shape index (κ1) is 22.3. The maximum absolute atomic E-state index is 12.8. The number of hydrogen-bond donors (Lipinski definition) is 1. The molecule has 0 atom stereocenters. The second kappa shape index (κ2) is 9.60. The topological polar surface area (TPSA) is 103 Å². The van der Waals surface area contributed by atoms with Gasteiger partial charge in [-0.3, -0.25) is 4.79 Å². The van der Waals surface area contributed by atoms with Crippen LogP contribution in [0.25, 0.3) is 0 Å². The molecule has 1 aromatic carbocycles. The monoisotopic (exact) mass is 444 g/mol. The Morgan fingerprint density at radius 1 is 1.23 bits per heavy atom. The van der Waals surface area contributed by atoms with Gasteiger partial charge in [0.1, 0.15) is 11.1 Å². The van der Waals surface area contributed by atoms with Crippen molar-refractivity contribution in [2.45, 2.75) is 43.0 Å². The van der Waals surface area contributed by atoms with E-state index in [1.807, 2.05) is 19.9 Å². The van der Waals surface area contributed by atoms with Gasteiger partial charge in [0.05, 0.1) is 16.2 Å². The van der Waals surface area contributed by atoms with Crippen molar-refractivity contribution in [2.75, 3.05) is 24.2 Å². The number of benzene rings is 1. The van der Waals surface area contributed by atoms with Gasteiger partial charge in [0.25, 0.3) is 0 Å². The molecular weight excluding hydrogens is 420 g/mol. The Bertz CT molecular complexity index is 1090. The number of carbonyl (C=O) groups is 1. The number of piperidine rings is 1. The van der Waals surface area contributed by atoms with E-state index in [9.17, 15) is 18.5 Å². The van der Waals surface area contributed by atoms with Crippen LogP contribution in [0.1, 0.15) is 36.1 Å². The van der Waals surface area contributed by atoms with Crippen LogP contribution in [0.2, 0.25) is 0 Å². The fraction of sp³-hybridized carbons (Fsp3) is 0.381. The highest BCUT2D eigenvalue weighted by Crippen LogP contribution is 2.25. The van der Waals surface area contributed by atoms with Crippen LogP contribution in [0, 0.1) is 25.2 Å². The lowest BCUT2D eigenvalue weighted by Gasteiger charge is -2.26. The predicted octanol–water partition coefficient (Wildman–Crippen LogP) is 3.48. The van der Waals surface area contributed by atoms with Gasteiger partial charge in [-0.15, -0.1) is 0 Å². The first-order valence-corrected chi connectivity index (χ1v) is 12.1. The Hall–Kier alpha value is -2.41. The highest BCUT2D eigenvalue weighted by molar-refractivity contribution is 8.00. The average molecular weight is 445 g/mol. The first-order valence-electron chi connectivity index (χ1n) is 9.72. The van der Waals surface area contributed by atoms with Crippen LogP contribution in [0.3, 0.4) is 0 Å². The van der Waals surface area contributed by atoms with Gasteiger partial charge in [-0.1, -0.05) is 24.2 Å². The third-order valence-corrected chi connectivity index (χ3v) is 7.70. The third-order valence-electron chi connectivity index (χ3n) is 4.83. The van der Waals surface area contributed by atoms with E-state index in [-0.39, 0.29) is 16.6 Å². The zero-order valence-electron chi connectivity index (χ0n) is 17.0. The smallest absolute Gasteiger partial charge is 0.243 e. The van der Waals surface area contributed by atoms with Gasteiger partial charge in [0.2, 0.25) is 15.9 Å². The highest BCUT2D eigenvalue weighted by Gasteiger charge is 2.26. The van der Waals surface area contributed by atoms with Crippen LogP contribution in [0.5, 0.6) is 0 Å². The highest BCUT2D eigenvalue weighted by atomic mass is 32.2. The molecule has 0 bridgehead atoms. The van der Waals surface area contributed by atoms with Crippen LogP contribution in [0.4, 0.5) is 5.69 Å². The second-order valence-corrected chi connectivity index (χ2v) is 10.1. The second-order valence-electron chi connectivity index (χ2n) is 7.20. The largest absolute Gasteiger partial charge is 0.325 e. The fourth-order valence-corrected chi connectivity index (χ4v) is 5.83. The number of carbonyl (C=O) groups excluding carboxylic acids is 1. The predicted molar refractivity (Wildman–Crippen MR) is 117 cm³/mol. The Balaban J connectivity index is 1.68. The molecule has 7 nitrogen and oxygen atoms in total. The zero-order valence-corrected chi connectivity index (χ0v) is 18.6. The van der Waals surface area contributed by atoms with Crippen molar-refractivity contribution in [1.29, 1.82) is 5.26 Å². The number of sulfonamides is 1. The van der Waals surface area contributed by atoms with Gasteiger partial charge in [-0.2, -0.15) is 9.57 Å². The molecule has 0 saturated carbocycles. The summed E-state index contributed by atoms with van der Waals surface area (Å²) >= 11 is 1.19. The van der Waals surface area contributed by atoms with Crippen LogP contribution in [-0.2, 0) is 14.8 Å². The number of nitrogens with one attached hydrogen (secondary N) is 1. The lowest BCUT2D eigenvalue weighted by Crippen LogP contribution is -2.35. The molecule has 1 aromatic heterocycles. The summed E-state index contributed by atoms with van der Waals surface area (Å²) < 4.78 is 27.2. The minimum atomic E-state index is -3.56. The van der Waals surface area contributed by atoms with Crippen molar-refractivity contribution in [3.8, 4) is 6.07 Å². The van der Waals surface area contributed by atoms with E-state index in [0.29, 0.717) is 29.4 Å². The number of pyridine rings is 1. The normalized spacial score (nSPS) is 14.8. The number of aryl methyl sites for hydroxylation is 2. The molecule has 0 radical (unpaired) electrons. The minimum absolute atomic E-state index is 0.0632. The maximum atomic E-state index is 12.8. The Kier molecular flexibility index (Phi) is 7.13. The molecule has 3 rings (SSSR count). The van der Waals surface area contributed by atoms with Crippen LogP contribution < -0.4 is 5.32 Å². The van der Waals surface area contributed by atoms with Gasteiger partial charge < -0.3 is 5.32 Å². The summed E-state index contributed by atoms with van der Waals surface area (Å²) in [5.74, 6) is -0.231. The third kappa shape index (κ3) is 5.19. The molecule has 1 saturated heterocycles. The molecule has 0 unspecified atom stereocenters. The van der Waals surface area contributed by atoms with E-state index in [0.717, 1.165) is 30.5 Å². The molecule has 1 fully saturated rings. The molecule has 2 aromatic rings. The zero-order chi connectivity index (χ0) is 21.7. The van der Waals surface area contributed by atoms with Crippen molar-refractivity contribution in [3.63, 3.8) is 0 Å². The van der Waals surface area contributed by atoms with Crippen LogP contribution >= 0.6 is 11.8 Å². The standard InChI is InChI=1S/C21H24N4O3S2/c1-15-11-16(2)23-21(19(15)13-22)29-14-20(26)24-17-7-6-8-18(12-17)30(27,28)25-9-4-3-5-10-25/h6-8,11-12H,3-5,9-10,14H2,1-2H3,(H,24,26). The Morgan fingerprint density at radius 3 is 2.67 bits per heavy atom. The van der Waals surface area contributed by atoms with Crippen molar-refractivity contribution in [3.05, 3.63) is 47.2 Å². The van der Waals surface area contributed by atoms with Gasteiger partial charge >= 0.3 is 0 Å². The molecule has 158 valence electrons. The van der Waals surface area contributed by atoms with Crippen LogP contribution in [-0.4, -0.2) is 42.5 Å². The van der Waals surface area contributed by atoms with Crippen LogP contribution in [0.15, 0.2) is 40.3 Å². The van der Waals surface area contributed by atoms with E-state index >= 15 is 0 Å². The number of nitrogens with zero attached hydrogens (tertiary/aromatic N) is 3. The molecule has 0 aliphatic carbocycles. The lowest BCUT2D eigenvalue weighted by atomic mass is 10.1. The summed E-state index contributed by atoms with van der Waals surface area (Å²) in [6.45, 7) is 4.73. The number of hydrogen-bond acceptors (Lipinski definition) is 6. The maximum Gasteiger partial charge on any atom is 0.243 e. The van der Waals surface area contributed by atoms with E-state index in [1.54, 1.807) is 18.2 Å². The van der Waals surface area contributed by atoms with Gasteiger partial charge in [0, 0.05) is 24.5 Å². The fourth-order valence-electron chi connectivity index (χ4n) is 3.36. The number of anilines is 1. The number of thioether (sulfide) groups is 1. The van der Waals surface area contributed by atoms with Crippen molar-refractivity contribution in [1.82, 2.24) is 9.29 Å². The molecular formula is C21H24N4O3S2. The van der Waals surface area contributed by atoms with Gasteiger partial charge in [-0.05, 0) is 56.5 Å². The molecule has 0 spiro atoms. The summed E-state index contributed by atoms with van der Waals surface area (Å²) in [6.07, 6.45) is 2.77. The number of aromatic nitrogens is 1. The lowest BCUT2D eigenvalue weighted by molar-refractivity contribution is -0.113. The van der Waals surface area contributed by atoms with Crippen molar-refractivity contribution >= 4 is 33.4 Å². The summed E-state index contributed by atoms with van der Waals surface area (Å²) in [7, 11) is -3.56. The van der Waals surface area contributed by atoms with E-state index < -0.39 is 10.0 Å². The number of amides is 1. The molecule has 1 N–H and O–H groups in total. The van der Waals surface area contributed by atoms with Gasteiger partial charge in [0.15, 0.2) is 0 Å². The average Bonchev–Trinajstić information content (AvgIpc) is 2.73. The molecule has 9 heteroatoms. The number of nitriles is 1. The quantitative estimate of drug-likeness (QED) is 0.684. The summed E-state index contributed by atoms with van der Waals surface area (Å²) in [5, 5.41) is 12.6. The van der Waals surface area contributed by atoms with E-state index in [1.165, 1.54) is 22.1 Å². The molecule has 2 heterocycles. The number of rotatable bonds is 6. The van der Waals surface area contributed by atoms with Gasteiger partial charge in [-0.25, -0.2) is 13.4 Å². The van der Waals surface area contributed by atoms with E-state index in [4.69, 9.17) is 0 Å². The van der Waals surface area contributed by atoms with Crippen molar-refractivity contribution < 1.29 is 13.2 Å². The first-order chi connectivity index (χ1) is 14.3. The SMILES string of the molecule is Cc1cc(C)c(C#N)c(SCC(=O)Nc2cccc(S(=O)(=O)N3CCCCC3)c2)n1. The summed E-state index contributed by atoms with van der Waals surface area (Å²) in [4.78, 5) is 17.0. The van der Waals surface area contributed by atoms with E-state index in [2.05, 4.69) is 16.4 Å². The summed E-state index contributed by atoms with van der Waals surface area (Å²) in [5.41, 5.74) is 2.49. The molecule has 1 aliphatic heterocycles. The van der Waals surface area contributed by atoms with Crippen molar-refractivity contribution in [2.24, 2.45) is 0 Å². The molecule has 1 aliphatic rings. The summed E-state index contributed by atoms with van der Waals surface area (Å²) in [6, 6.07) is 10.3. The Morgan fingerprint density at radius 2 is 1.97 bits per heavy atom. The molecule has 1 amide bonds. The molecule has 30 heavy (non-hydrogen) atoms. The minimum Gasteiger partial charge on any atom is -0.325 e.